The van der Waals surface area contributed by atoms with E-state index in [9.17, 15) is 0 Å². The van der Waals surface area contributed by atoms with Crippen LogP contribution >= 0.6 is 0 Å². The molecule has 2 nitrogen and oxygen atoms in total. The van der Waals surface area contributed by atoms with Crippen LogP contribution in [0.15, 0.2) is 24.3 Å². The van der Waals surface area contributed by atoms with E-state index in [1.165, 1.54) is 11.1 Å². The van der Waals surface area contributed by atoms with Gasteiger partial charge in [-0.05, 0) is 44.0 Å². The van der Waals surface area contributed by atoms with E-state index in [1.807, 2.05) is 0 Å². The molecule has 2 heteroatoms. The molecule has 1 aromatic carbocycles. The van der Waals surface area contributed by atoms with Gasteiger partial charge in [0.05, 0.1) is 6.07 Å². The van der Waals surface area contributed by atoms with Gasteiger partial charge in [0.25, 0.3) is 0 Å². The highest BCUT2D eigenvalue weighted by Gasteiger charge is 2.13. The van der Waals surface area contributed by atoms with Gasteiger partial charge < -0.3 is 4.90 Å². The summed E-state index contributed by atoms with van der Waals surface area (Å²) in [4.78, 5) is 2.19. The lowest BCUT2D eigenvalue weighted by molar-refractivity contribution is 0.286. The SMILES string of the molecule is CC(C)Cc1ccc(C(CCC#N)N(C)C)cc1. The second kappa shape index (κ2) is 7.18. The summed E-state index contributed by atoms with van der Waals surface area (Å²) in [6.07, 6.45) is 2.63. The van der Waals surface area contributed by atoms with Crippen LogP contribution in [0, 0.1) is 17.2 Å². The maximum absolute atomic E-state index is 8.72. The first-order valence-electron chi connectivity index (χ1n) is 6.66. The minimum absolute atomic E-state index is 0.345. The topological polar surface area (TPSA) is 27.0 Å². The quantitative estimate of drug-likeness (QED) is 0.761. The molecule has 0 saturated carbocycles. The molecule has 1 aromatic rings. The molecule has 0 heterocycles. The minimum Gasteiger partial charge on any atom is -0.302 e. The Balaban J connectivity index is 2.77. The summed E-state index contributed by atoms with van der Waals surface area (Å²) < 4.78 is 0. The molecule has 0 fully saturated rings. The molecule has 0 saturated heterocycles. The predicted molar refractivity (Wildman–Crippen MR) is 76.3 cm³/mol. The van der Waals surface area contributed by atoms with Crippen LogP contribution in [-0.4, -0.2) is 19.0 Å². The molecule has 0 amide bonds. The molecular formula is C16H24N2. The molecule has 98 valence electrons. The van der Waals surface area contributed by atoms with Crippen molar-refractivity contribution in [1.29, 1.82) is 5.26 Å². The van der Waals surface area contributed by atoms with Crippen LogP contribution in [0.3, 0.4) is 0 Å². The number of hydrogen-bond donors (Lipinski definition) is 0. The predicted octanol–water partition coefficient (Wildman–Crippen LogP) is 3.79. The summed E-state index contributed by atoms with van der Waals surface area (Å²) >= 11 is 0. The van der Waals surface area contributed by atoms with Gasteiger partial charge in [0, 0.05) is 12.5 Å². The smallest absolute Gasteiger partial charge is 0.0622 e. The third kappa shape index (κ3) is 4.50. The summed E-state index contributed by atoms with van der Waals surface area (Å²) in [6, 6.07) is 11.4. The highest BCUT2D eigenvalue weighted by Crippen LogP contribution is 2.24. The van der Waals surface area contributed by atoms with Crippen LogP contribution in [0.4, 0.5) is 0 Å². The number of nitriles is 1. The lowest BCUT2D eigenvalue weighted by Gasteiger charge is -2.24. The van der Waals surface area contributed by atoms with Gasteiger partial charge in [-0.15, -0.1) is 0 Å². The molecule has 0 aliphatic carbocycles. The number of benzene rings is 1. The van der Waals surface area contributed by atoms with E-state index in [-0.39, 0.29) is 0 Å². The van der Waals surface area contributed by atoms with Crippen LogP contribution in [0.25, 0.3) is 0 Å². The number of hydrogen-bond acceptors (Lipinski definition) is 2. The monoisotopic (exact) mass is 244 g/mol. The van der Waals surface area contributed by atoms with E-state index in [1.54, 1.807) is 0 Å². The van der Waals surface area contributed by atoms with E-state index < -0.39 is 0 Å². The number of nitrogens with zero attached hydrogens (tertiary/aromatic N) is 2. The van der Waals surface area contributed by atoms with Gasteiger partial charge in [-0.3, -0.25) is 0 Å². The van der Waals surface area contributed by atoms with E-state index in [4.69, 9.17) is 5.26 Å². The third-order valence-electron chi connectivity index (χ3n) is 3.16. The Labute approximate surface area is 111 Å². The van der Waals surface area contributed by atoms with Gasteiger partial charge >= 0.3 is 0 Å². The lowest BCUT2D eigenvalue weighted by Crippen LogP contribution is -2.19. The lowest BCUT2D eigenvalue weighted by atomic mass is 9.97. The summed E-state index contributed by atoms with van der Waals surface area (Å²) in [6.45, 7) is 4.48. The molecule has 1 unspecified atom stereocenters. The van der Waals surface area contributed by atoms with Crippen LogP contribution < -0.4 is 0 Å². The second-order valence-electron chi connectivity index (χ2n) is 5.52. The number of rotatable bonds is 6. The van der Waals surface area contributed by atoms with Crippen molar-refractivity contribution in [2.45, 2.75) is 39.2 Å². The van der Waals surface area contributed by atoms with Crippen LogP contribution in [0.2, 0.25) is 0 Å². The molecular weight excluding hydrogens is 220 g/mol. The van der Waals surface area contributed by atoms with Crippen molar-refractivity contribution in [3.8, 4) is 6.07 Å². The Bertz CT molecular complexity index is 385. The van der Waals surface area contributed by atoms with Crippen LogP contribution in [0.5, 0.6) is 0 Å². The third-order valence-corrected chi connectivity index (χ3v) is 3.16. The van der Waals surface area contributed by atoms with Gasteiger partial charge in [-0.2, -0.15) is 5.26 Å². The first-order valence-corrected chi connectivity index (χ1v) is 6.66. The Morgan fingerprint density at radius 1 is 1.17 bits per heavy atom. The van der Waals surface area contributed by atoms with E-state index in [0.717, 1.165) is 12.8 Å². The van der Waals surface area contributed by atoms with E-state index >= 15 is 0 Å². The van der Waals surface area contributed by atoms with E-state index in [0.29, 0.717) is 18.4 Å². The standard InChI is InChI=1S/C16H24N2/c1-13(2)12-14-7-9-15(10-8-14)16(18(3)4)6-5-11-17/h7-10,13,16H,5-6,12H2,1-4H3. The average Bonchev–Trinajstić information content (AvgIpc) is 2.30. The van der Waals surface area contributed by atoms with Crippen molar-refractivity contribution in [3.05, 3.63) is 35.4 Å². The minimum atomic E-state index is 0.345. The van der Waals surface area contributed by atoms with Gasteiger partial charge in [-0.25, -0.2) is 0 Å². The van der Waals surface area contributed by atoms with Crippen molar-refractivity contribution in [2.75, 3.05) is 14.1 Å². The highest BCUT2D eigenvalue weighted by molar-refractivity contribution is 5.25. The Hall–Kier alpha value is -1.33. The molecule has 18 heavy (non-hydrogen) atoms. The molecule has 0 N–H and O–H groups in total. The first kappa shape index (κ1) is 14.7. The zero-order valence-corrected chi connectivity index (χ0v) is 12.0. The molecule has 0 spiro atoms. The summed E-state index contributed by atoms with van der Waals surface area (Å²) in [5.74, 6) is 0.694. The molecule has 0 aliphatic rings. The average molecular weight is 244 g/mol. The van der Waals surface area contributed by atoms with Gasteiger partial charge in [-0.1, -0.05) is 38.1 Å². The summed E-state index contributed by atoms with van der Waals surface area (Å²) in [5, 5.41) is 8.72. The Morgan fingerprint density at radius 2 is 1.78 bits per heavy atom. The van der Waals surface area contributed by atoms with Gasteiger partial charge in [0.15, 0.2) is 0 Å². The van der Waals surface area contributed by atoms with Crippen molar-refractivity contribution < 1.29 is 0 Å². The van der Waals surface area contributed by atoms with Crippen molar-refractivity contribution in [1.82, 2.24) is 4.90 Å². The Morgan fingerprint density at radius 3 is 2.22 bits per heavy atom. The molecule has 1 rings (SSSR count). The van der Waals surface area contributed by atoms with Crippen LogP contribution in [0.1, 0.15) is 43.9 Å². The van der Waals surface area contributed by atoms with Gasteiger partial charge in [0.2, 0.25) is 0 Å². The molecule has 0 bridgehead atoms. The zero-order chi connectivity index (χ0) is 13.5. The zero-order valence-electron chi connectivity index (χ0n) is 12.0. The molecule has 0 radical (unpaired) electrons. The first-order chi connectivity index (χ1) is 8.54. The molecule has 0 aliphatic heterocycles. The second-order valence-corrected chi connectivity index (χ2v) is 5.52. The highest BCUT2D eigenvalue weighted by atomic mass is 15.1. The fourth-order valence-electron chi connectivity index (χ4n) is 2.27. The summed E-state index contributed by atoms with van der Waals surface area (Å²) in [5.41, 5.74) is 2.70. The van der Waals surface area contributed by atoms with E-state index in [2.05, 4.69) is 63.2 Å². The van der Waals surface area contributed by atoms with Crippen molar-refractivity contribution in [2.24, 2.45) is 5.92 Å². The molecule has 0 aromatic heterocycles. The van der Waals surface area contributed by atoms with Gasteiger partial charge in [0.1, 0.15) is 0 Å². The fraction of sp³-hybridized carbons (Fsp3) is 0.562. The molecule has 1 atom stereocenters. The fourth-order valence-corrected chi connectivity index (χ4v) is 2.27. The maximum atomic E-state index is 8.72. The Kier molecular flexibility index (Phi) is 5.88. The maximum Gasteiger partial charge on any atom is 0.0622 e. The van der Waals surface area contributed by atoms with Crippen molar-refractivity contribution in [3.63, 3.8) is 0 Å². The van der Waals surface area contributed by atoms with Crippen LogP contribution in [-0.2, 0) is 6.42 Å². The largest absolute Gasteiger partial charge is 0.302 e. The van der Waals surface area contributed by atoms with Crippen molar-refractivity contribution >= 4 is 0 Å². The summed E-state index contributed by atoms with van der Waals surface area (Å²) in [7, 11) is 4.15. The normalized spacial score (nSPS) is 12.7.